The molecule has 0 unspecified atom stereocenters. The molecule has 0 bridgehead atoms. The summed E-state index contributed by atoms with van der Waals surface area (Å²) in [5.74, 6) is 0.836. The normalized spacial score (nSPS) is 15.4. The molecule has 26 heavy (non-hydrogen) atoms. The van der Waals surface area contributed by atoms with Crippen LogP contribution in [-0.4, -0.2) is 29.1 Å². The smallest absolute Gasteiger partial charge is 0.224 e. The van der Waals surface area contributed by atoms with Crippen LogP contribution in [0.15, 0.2) is 51.9 Å². The van der Waals surface area contributed by atoms with Crippen molar-refractivity contribution in [3.63, 3.8) is 0 Å². The Morgan fingerprint density at radius 1 is 1.31 bits per heavy atom. The van der Waals surface area contributed by atoms with Gasteiger partial charge >= 0.3 is 0 Å². The average molecular weight is 387 g/mol. The highest BCUT2D eigenvalue weighted by Gasteiger charge is 2.13. The predicted octanol–water partition coefficient (Wildman–Crippen LogP) is 4.13. The first-order valence-electron chi connectivity index (χ1n) is 8.67. The molecule has 1 amide bonds. The minimum Gasteiger partial charge on any atom is -0.326 e. The van der Waals surface area contributed by atoms with Crippen LogP contribution in [-0.2, 0) is 11.2 Å². The lowest BCUT2D eigenvalue weighted by atomic mass is 10.1. The number of nitrogens with zero attached hydrogens (tertiary/aromatic N) is 2. The summed E-state index contributed by atoms with van der Waals surface area (Å²) in [6.45, 7) is 2.77. The van der Waals surface area contributed by atoms with E-state index in [4.69, 9.17) is 0 Å². The Morgan fingerprint density at radius 3 is 2.81 bits per heavy atom. The molecule has 3 rings (SSSR count). The number of anilines is 1. The highest BCUT2D eigenvalue weighted by atomic mass is 32.2. The monoisotopic (exact) mass is 386 g/mol. The van der Waals surface area contributed by atoms with E-state index in [2.05, 4.69) is 38.3 Å². The molecule has 5 nitrogen and oxygen atoms in total. The number of benzene rings is 1. The van der Waals surface area contributed by atoms with Crippen molar-refractivity contribution in [2.75, 3.05) is 17.6 Å². The summed E-state index contributed by atoms with van der Waals surface area (Å²) in [5.41, 5.74) is 5.90. The van der Waals surface area contributed by atoms with Crippen LogP contribution >= 0.6 is 23.1 Å². The van der Waals surface area contributed by atoms with Gasteiger partial charge in [0, 0.05) is 35.7 Å². The lowest BCUT2D eigenvalue weighted by molar-refractivity contribution is -0.116. The van der Waals surface area contributed by atoms with Crippen molar-refractivity contribution in [1.29, 1.82) is 0 Å². The van der Waals surface area contributed by atoms with Crippen molar-refractivity contribution >= 4 is 45.6 Å². The third kappa shape index (κ3) is 5.44. The van der Waals surface area contributed by atoms with Crippen LogP contribution in [0.2, 0.25) is 0 Å². The second-order valence-electron chi connectivity index (χ2n) is 5.85. The van der Waals surface area contributed by atoms with Crippen molar-refractivity contribution in [1.82, 2.24) is 5.43 Å². The van der Waals surface area contributed by atoms with E-state index in [-0.39, 0.29) is 5.91 Å². The quantitative estimate of drug-likeness (QED) is 0.752. The first-order valence-corrected chi connectivity index (χ1v) is 10.5. The van der Waals surface area contributed by atoms with Crippen molar-refractivity contribution in [3.8, 4) is 0 Å². The molecule has 1 aliphatic heterocycles. The Hall–Kier alpha value is -2.12. The summed E-state index contributed by atoms with van der Waals surface area (Å²) in [4.78, 5) is 17.6. The molecule has 7 heteroatoms. The summed E-state index contributed by atoms with van der Waals surface area (Å²) >= 11 is 3.43. The molecule has 136 valence electrons. The van der Waals surface area contributed by atoms with Crippen molar-refractivity contribution in [3.05, 3.63) is 52.2 Å². The largest absolute Gasteiger partial charge is 0.326 e. The SMILES string of the molecule is CCCC(=O)Nc1ccc(C2=NNC(=NCCc3cccs3)SC2)cc1. The number of nitrogens with one attached hydrogen (secondary N) is 2. The van der Waals surface area contributed by atoms with Gasteiger partial charge in [-0.2, -0.15) is 5.10 Å². The molecule has 0 radical (unpaired) electrons. The molecule has 0 aliphatic carbocycles. The van der Waals surface area contributed by atoms with Crippen LogP contribution in [0, 0.1) is 0 Å². The van der Waals surface area contributed by atoms with Gasteiger partial charge in [-0.05, 0) is 35.6 Å². The topological polar surface area (TPSA) is 65.8 Å². The number of amides is 1. The van der Waals surface area contributed by atoms with Gasteiger partial charge in [-0.1, -0.05) is 36.9 Å². The Balaban J connectivity index is 1.52. The molecule has 0 saturated carbocycles. The minimum atomic E-state index is 0.0517. The molecule has 0 atom stereocenters. The first kappa shape index (κ1) is 18.7. The number of hydrogen-bond donors (Lipinski definition) is 2. The number of carbonyl (C=O) groups is 1. The molecular weight excluding hydrogens is 364 g/mol. The lowest BCUT2D eigenvalue weighted by Crippen LogP contribution is -2.25. The lowest BCUT2D eigenvalue weighted by Gasteiger charge is -2.15. The number of thioether (sulfide) groups is 1. The number of thiophene rings is 1. The standard InChI is InChI=1S/C19H22N4OS2/c1-2-4-18(24)21-15-8-6-14(7-9-15)17-13-26-19(23-22-17)20-11-10-16-5-3-12-25-16/h3,5-9,12H,2,4,10-11,13H2,1H3,(H,20,23)(H,21,24). The van der Waals surface area contributed by atoms with Gasteiger partial charge in [-0.15, -0.1) is 11.3 Å². The van der Waals surface area contributed by atoms with Crippen LogP contribution in [0.1, 0.15) is 30.2 Å². The molecule has 2 N–H and O–H groups in total. The summed E-state index contributed by atoms with van der Waals surface area (Å²) in [6, 6.07) is 12.0. The molecular formula is C19H22N4OS2. The summed E-state index contributed by atoms with van der Waals surface area (Å²) in [5, 5.41) is 10.3. The van der Waals surface area contributed by atoms with Gasteiger partial charge in [0.15, 0.2) is 5.17 Å². The molecule has 0 spiro atoms. The van der Waals surface area contributed by atoms with Gasteiger partial charge in [-0.25, -0.2) is 0 Å². The number of amidine groups is 1. The van der Waals surface area contributed by atoms with Crippen LogP contribution in [0.3, 0.4) is 0 Å². The fourth-order valence-electron chi connectivity index (χ4n) is 2.46. The maximum absolute atomic E-state index is 11.6. The third-order valence-electron chi connectivity index (χ3n) is 3.80. The summed E-state index contributed by atoms with van der Waals surface area (Å²) in [7, 11) is 0. The Kier molecular flexibility index (Phi) is 6.85. The highest BCUT2D eigenvalue weighted by molar-refractivity contribution is 8.14. The van der Waals surface area contributed by atoms with Gasteiger partial charge in [0.2, 0.25) is 5.91 Å². The average Bonchev–Trinajstić information content (AvgIpc) is 3.17. The van der Waals surface area contributed by atoms with E-state index >= 15 is 0 Å². The van der Waals surface area contributed by atoms with Gasteiger partial charge in [0.1, 0.15) is 0 Å². The van der Waals surface area contributed by atoms with E-state index < -0.39 is 0 Å². The molecule has 0 fully saturated rings. The Bertz CT molecular complexity index is 782. The number of rotatable bonds is 7. The first-order chi connectivity index (χ1) is 12.7. The predicted molar refractivity (Wildman–Crippen MR) is 112 cm³/mol. The zero-order chi connectivity index (χ0) is 18.2. The number of hydrazone groups is 1. The van der Waals surface area contributed by atoms with E-state index in [1.54, 1.807) is 23.1 Å². The Labute approximate surface area is 162 Å². The second kappa shape index (κ2) is 9.54. The van der Waals surface area contributed by atoms with Gasteiger partial charge in [0.25, 0.3) is 0 Å². The molecule has 2 heterocycles. The molecule has 1 aliphatic rings. The maximum atomic E-state index is 11.6. The third-order valence-corrected chi connectivity index (χ3v) is 5.65. The minimum absolute atomic E-state index is 0.0517. The van der Waals surface area contributed by atoms with Crippen LogP contribution in [0.5, 0.6) is 0 Å². The zero-order valence-corrected chi connectivity index (χ0v) is 16.3. The van der Waals surface area contributed by atoms with Crippen molar-refractivity contribution in [2.24, 2.45) is 10.1 Å². The molecule has 0 saturated heterocycles. The van der Waals surface area contributed by atoms with Gasteiger partial charge < -0.3 is 5.32 Å². The second-order valence-corrected chi connectivity index (χ2v) is 7.85. The summed E-state index contributed by atoms with van der Waals surface area (Å²) in [6.07, 6.45) is 2.36. The van der Waals surface area contributed by atoms with E-state index in [1.807, 2.05) is 31.2 Å². The number of carbonyl (C=O) groups excluding carboxylic acids is 1. The number of aliphatic imine (C=N–C) groups is 1. The number of hydrogen-bond acceptors (Lipinski definition) is 5. The molecule has 1 aromatic carbocycles. The maximum Gasteiger partial charge on any atom is 0.224 e. The van der Waals surface area contributed by atoms with E-state index in [1.165, 1.54) is 4.88 Å². The van der Waals surface area contributed by atoms with E-state index in [0.717, 1.165) is 47.3 Å². The fraction of sp³-hybridized carbons (Fsp3) is 0.316. The summed E-state index contributed by atoms with van der Waals surface area (Å²) < 4.78 is 0. The Morgan fingerprint density at radius 2 is 2.15 bits per heavy atom. The molecule has 2 aromatic rings. The van der Waals surface area contributed by atoms with Gasteiger partial charge in [0.05, 0.1) is 5.71 Å². The van der Waals surface area contributed by atoms with Crippen LogP contribution in [0.4, 0.5) is 5.69 Å². The van der Waals surface area contributed by atoms with Crippen molar-refractivity contribution < 1.29 is 4.79 Å². The van der Waals surface area contributed by atoms with Crippen molar-refractivity contribution in [2.45, 2.75) is 26.2 Å². The van der Waals surface area contributed by atoms with E-state index in [0.29, 0.717) is 6.42 Å². The zero-order valence-electron chi connectivity index (χ0n) is 14.7. The van der Waals surface area contributed by atoms with Crippen LogP contribution < -0.4 is 10.7 Å². The van der Waals surface area contributed by atoms with Crippen LogP contribution in [0.25, 0.3) is 0 Å². The fourth-order valence-corrected chi connectivity index (χ4v) is 3.96. The van der Waals surface area contributed by atoms with E-state index in [9.17, 15) is 4.79 Å². The highest BCUT2D eigenvalue weighted by Crippen LogP contribution is 2.17. The molecule has 1 aromatic heterocycles. The van der Waals surface area contributed by atoms with Gasteiger partial charge in [-0.3, -0.25) is 15.2 Å².